The zero-order chi connectivity index (χ0) is 15.8. The highest BCUT2D eigenvalue weighted by molar-refractivity contribution is 5.90. The Kier molecular flexibility index (Phi) is 6.21. The molecule has 22 heavy (non-hydrogen) atoms. The summed E-state index contributed by atoms with van der Waals surface area (Å²) in [5, 5.41) is 4.97. The molecule has 2 rings (SSSR count). The van der Waals surface area contributed by atoms with Crippen molar-refractivity contribution in [3.63, 3.8) is 0 Å². The molecule has 1 aromatic carbocycles. The number of imide groups is 1. The van der Waals surface area contributed by atoms with Crippen molar-refractivity contribution in [2.24, 2.45) is 0 Å². The monoisotopic (exact) mass is 305 g/mol. The number of alkyl carbamates (subject to hydrolysis) is 1. The number of piperidine rings is 1. The molecular weight excluding hydrogens is 282 g/mol. The Balaban J connectivity index is 1.68. The van der Waals surface area contributed by atoms with Gasteiger partial charge in [-0.15, -0.1) is 0 Å². The molecule has 0 aliphatic carbocycles. The second kappa shape index (κ2) is 8.38. The third kappa shape index (κ3) is 5.37. The van der Waals surface area contributed by atoms with Gasteiger partial charge in [-0.05, 0) is 25.3 Å². The van der Waals surface area contributed by atoms with E-state index in [0.717, 1.165) is 32.5 Å². The molecule has 3 amide bonds. The Morgan fingerprint density at radius 1 is 1.23 bits per heavy atom. The lowest BCUT2D eigenvalue weighted by Gasteiger charge is -2.32. The molecule has 1 aliphatic rings. The second-order valence-electron chi connectivity index (χ2n) is 5.35. The molecule has 120 valence electrons. The topological polar surface area (TPSA) is 70.7 Å². The first-order valence-corrected chi connectivity index (χ1v) is 7.68. The summed E-state index contributed by atoms with van der Waals surface area (Å²) in [6, 6.07) is 9.96. The highest BCUT2D eigenvalue weighted by Crippen LogP contribution is 2.13. The maximum Gasteiger partial charge on any atom is 0.415 e. The molecule has 1 heterocycles. The second-order valence-corrected chi connectivity index (χ2v) is 5.35. The molecule has 0 saturated carbocycles. The van der Waals surface area contributed by atoms with Crippen LogP contribution in [0.15, 0.2) is 30.3 Å². The van der Waals surface area contributed by atoms with Crippen LogP contribution in [0.5, 0.6) is 0 Å². The summed E-state index contributed by atoms with van der Waals surface area (Å²) in [6.45, 7) is 4.73. The van der Waals surface area contributed by atoms with Gasteiger partial charge in [0.1, 0.15) is 0 Å². The van der Waals surface area contributed by atoms with Gasteiger partial charge in [0.2, 0.25) is 0 Å². The zero-order valence-electron chi connectivity index (χ0n) is 12.9. The van der Waals surface area contributed by atoms with E-state index in [1.807, 2.05) is 18.2 Å². The fourth-order valence-electron chi connectivity index (χ4n) is 2.56. The van der Waals surface area contributed by atoms with Crippen molar-refractivity contribution in [2.75, 3.05) is 19.7 Å². The number of rotatable bonds is 4. The van der Waals surface area contributed by atoms with Gasteiger partial charge in [0.05, 0.1) is 6.61 Å². The third-order valence-corrected chi connectivity index (χ3v) is 3.66. The quantitative estimate of drug-likeness (QED) is 0.894. The van der Waals surface area contributed by atoms with Crippen LogP contribution in [0.2, 0.25) is 0 Å². The molecule has 1 aromatic rings. The molecule has 1 aliphatic heterocycles. The number of carbonyl (C=O) groups excluding carboxylic acids is 2. The maximum atomic E-state index is 11.6. The first kappa shape index (κ1) is 16.3. The Morgan fingerprint density at radius 3 is 2.55 bits per heavy atom. The van der Waals surface area contributed by atoms with Crippen LogP contribution < -0.4 is 10.6 Å². The average Bonchev–Trinajstić information content (AvgIpc) is 2.50. The van der Waals surface area contributed by atoms with E-state index in [1.165, 1.54) is 5.56 Å². The third-order valence-electron chi connectivity index (χ3n) is 3.66. The normalized spacial score (nSPS) is 16.0. The first-order chi connectivity index (χ1) is 10.7. The standard InChI is InChI=1S/C16H23N3O3/c1-2-22-16(21)18-15(20)17-14-8-10-19(11-9-14)12-13-6-4-3-5-7-13/h3-7,14H,2,8-12H2,1H3,(H2,17,18,20,21). The molecular formula is C16H23N3O3. The first-order valence-electron chi connectivity index (χ1n) is 7.68. The number of nitrogens with one attached hydrogen (secondary N) is 2. The van der Waals surface area contributed by atoms with E-state index in [0.29, 0.717) is 0 Å². The molecule has 0 spiro atoms. The number of likely N-dealkylation sites (tertiary alicyclic amines) is 1. The van der Waals surface area contributed by atoms with E-state index in [1.54, 1.807) is 6.92 Å². The van der Waals surface area contributed by atoms with Gasteiger partial charge in [-0.2, -0.15) is 0 Å². The summed E-state index contributed by atoms with van der Waals surface area (Å²) in [4.78, 5) is 25.2. The number of amides is 3. The van der Waals surface area contributed by atoms with E-state index in [-0.39, 0.29) is 12.6 Å². The van der Waals surface area contributed by atoms with Crippen molar-refractivity contribution >= 4 is 12.1 Å². The SMILES string of the molecule is CCOC(=O)NC(=O)NC1CCN(Cc2ccccc2)CC1. The van der Waals surface area contributed by atoms with Crippen molar-refractivity contribution in [1.29, 1.82) is 0 Å². The Hall–Kier alpha value is -2.08. The lowest BCUT2D eigenvalue weighted by atomic mass is 10.0. The summed E-state index contributed by atoms with van der Waals surface area (Å²) in [6.07, 6.45) is 1.05. The molecule has 0 atom stereocenters. The van der Waals surface area contributed by atoms with E-state index >= 15 is 0 Å². The molecule has 2 N–H and O–H groups in total. The number of urea groups is 1. The van der Waals surface area contributed by atoms with Gasteiger partial charge in [-0.1, -0.05) is 30.3 Å². The Morgan fingerprint density at radius 2 is 1.91 bits per heavy atom. The van der Waals surface area contributed by atoms with Gasteiger partial charge in [0.25, 0.3) is 0 Å². The van der Waals surface area contributed by atoms with Gasteiger partial charge in [0, 0.05) is 25.7 Å². The van der Waals surface area contributed by atoms with Crippen LogP contribution in [0, 0.1) is 0 Å². The van der Waals surface area contributed by atoms with Gasteiger partial charge in [-0.25, -0.2) is 14.9 Å². The predicted octanol–water partition coefficient (Wildman–Crippen LogP) is 2.11. The fraction of sp³-hybridized carbons (Fsp3) is 0.500. The molecule has 6 nitrogen and oxygen atoms in total. The van der Waals surface area contributed by atoms with E-state index in [2.05, 4.69) is 32.4 Å². The summed E-state index contributed by atoms with van der Waals surface area (Å²) in [5.74, 6) is 0. The van der Waals surface area contributed by atoms with E-state index < -0.39 is 12.1 Å². The highest BCUT2D eigenvalue weighted by Gasteiger charge is 2.21. The number of benzene rings is 1. The lowest BCUT2D eigenvalue weighted by Crippen LogP contribution is -2.49. The largest absolute Gasteiger partial charge is 0.450 e. The molecule has 0 radical (unpaired) electrons. The summed E-state index contributed by atoms with van der Waals surface area (Å²) in [5.41, 5.74) is 1.30. The Bertz CT molecular complexity index is 485. The van der Waals surface area contributed by atoms with Crippen LogP contribution in [0.4, 0.5) is 9.59 Å². The van der Waals surface area contributed by atoms with Gasteiger partial charge >= 0.3 is 12.1 Å². The van der Waals surface area contributed by atoms with E-state index in [9.17, 15) is 9.59 Å². The summed E-state index contributed by atoms with van der Waals surface area (Å²) >= 11 is 0. The minimum Gasteiger partial charge on any atom is -0.450 e. The molecule has 0 unspecified atom stereocenters. The van der Waals surface area contributed by atoms with Crippen LogP contribution in [0.3, 0.4) is 0 Å². The van der Waals surface area contributed by atoms with Crippen molar-refractivity contribution < 1.29 is 14.3 Å². The molecule has 0 bridgehead atoms. The minimum absolute atomic E-state index is 0.0986. The van der Waals surface area contributed by atoms with Gasteiger partial charge in [0.15, 0.2) is 0 Å². The van der Waals surface area contributed by atoms with Gasteiger partial charge < -0.3 is 10.1 Å². The number of hydrogen-bond donors (Lipinski definition) is 2. The summed E-state index contributed by atoms with van der Waals surface area (Å²) in [7, 11) is 0. The van der Waals surface area contributed by atoms with Gasteiger partial charge in [-0.3, -0.25) is 4.90 Å². The smallest absolute Gasteiger partial charge is 0.415 e. The molecule has 1 saturated heterocycles. The molecule has 6 heteroatoms. The molecule has 0 aromatic heterocycles. The lowest BCUT2D eigenvalue weighted by molar-refractivity contribution is 0.150. The number of ether oxygens (including phenoxy) is 1. The number of hydrogen-bond acceptors (Lipinski definition) is 4. The average molecular weight is 305 g/mol. The van der Waals surface area contributed by atoms with Crippen molar-refractivity contribution in [2.45, 2.75) is 32.4 Å². The zero-order valence-corrected chi connectivity index (χ0v) is 12.9. The maximum absolute atomic E-state index is 11.6. The van der Waals surface area contributed by atoms with Crippen molar-refractivity contribution in [3.05, 3.63) is 35.9 Å². The number of carbonyl (C=O) groups is 2. The molecule has 1 fully saturated rings. The summed E-state index contributed by atoms with van der Waals surface area (Å²) < 4.78 is 4.67. The van der Waals surface area contributed by atoms with Crippen LogP contribution in [-0.4, -0.2) is 42.8 Å². The predicted molar refractivity (Wildman–Crippen MR) is 83.4 cm³/mol. The number of nitrogens with zero attached hydrogens (tertiary/aromatic N) is 1. The van der Waals surface area contributed by atoms with Crippen LogP contribution in [-0.2, 0) is 11.3 Å². The fourth-order valence-corrected chi connectivity index (χ4v) is 2.56. The van der Waals surface area contributed by atoms with E-state index in [4.69, 9.17) is 0 Å². The van der Waals surface area contributed by atoms with Crippen LogP contribution in [0.25, 0.3) is 0 Å². The highest BCUT2D eigenvalue weighted by atomic mass is 16.5. The van der Waals surface area contributed by atoms with Crippen molar-refractivity contribution in [3.8, 4) is 0 Å². The minimum atomic E-state index is -0.707. The van der Waals surface area contributed by atoms with Crippen molar-refractivity contribution in [1.82, 2.24) is 15.5 Å². The Labute approximate surface area is 130 Å². The van der Waals surface area contributed by atoms with Crippen LogP contribution >= 0.6 is 0 Å². The van der Waals surface area contributed by atoms with Crippen LogP contribution in [0.1, 0.15) is 25.3 Å².